The van der Waals surface area contributed by atoms with Crippen LogP contribution in [0.2, 0.25) is 0 Å². The molecule has 8 heteroatoms. The zero-order chi connectivity index (χ0) is 19.3. The third-order valence-electron chi connectivity index (χ3n) is 3.32. The summed E-state index contributed by atoms with van der Waals surface area (Å²) in [7, 11) is 0. The van der Waals surface area contributed by atoms with Gasteiger partial charge in [0.1, 0.15) is 17.5 Å². The van der Waals surface area contributed by atoms with E-state index >= 15 is 0 Å². The zero-order valence-electron chi connectivity index (χ0n) is 14.7. The lowest BCUT2D eigenvalue weighted by atomic mass is 10.1. The van der Waals surface area contributed by atoms with Crippen molar-refractivity contribution in [1.82, 2.24) is 15.3 Å². The second kappa shape index (κ2) is 7.70. The molecule has 0 unspecified atom stereocenters. The van der Waals surface area contributed by atoms with Gasteiger partial charge < -0.3 is 20.1 Å². The summed E-state index contributed by atoms with van der Waals surface area (Å²) in [6.45, 7) is 5.15. The number of aromatic nitrogens is 2. The van der Waals surface area contributed by atoms with E-state index in [-0.39, 0.29) is 6.42 Å². The Morgan fingerprint density at radius 1 is 1.35 bits per heavy atom. The molecule has 0 radical (unpaired) electrons. The Kier molecular flexibility index (Phi) is 5.62. The van der Waals surface area contributed by atoms with Crippen LogP contribution in [0.1, 0.15) is 44.6 Å². The van der Waals surface area contributed by atoms with E-state index < -0.39 is 23.7 Å². The Bertz CT molecular complexity index is 828. The van der Waals surface area contributed by atoms with E-state index in [1.54, 1.807) is 51.2 Å². The molecule has 0 spiro atoms. The number of aromatic amines is 1. The summed E-state index contributed by atoms with van der Waals surface area (Å²) in [5.74, 6) is -0.778. The lowest BCUT2D eigenvalue weighted by Gasteiger charge is -2.22. The number of carbonyl (C=O) groups is 2. The summed E-state index contributed by atoms with van der Waals surface area (Å²) in [5.41, 5.74) is 1.26. The van der Waals surface area contributed by atoms with Crippen LogP contribution in [-0.2, 0) is 9.53 Å². The number of hydrogen-bond donors (Lipinski definition) is 3. The predicted octanol–water partition coefficient (Wildman–Crippen LogP) is 2.99. The van der Waals surface area contributed by atoms with Gasteiger partial charge in [0.2, 0.25) is 0 Å². The van der Waals surface area contributed by atoms with Crippen molar-refractivity contribution in [2.45, 2.75) is 38.8 Å². The Morgan fingerprint density at radius 3 is 2.54 bits per heavy atom. The summed E-state index contributed by atoms with van der Waals surface area (Å²) >= 11 is 0. The highest BCUT2D eigenvalue weighted by Gasteiger charge is 2.24. The molecule has 1 heterocycles. The van der Waals surface area contributed by atoms with Crippen LogP contribution < -0.4 is 5.32 Å². The number of aliphatic carboxylic acids is 1. The molecule has 1 aromatic heterocycles. The number of rotatable bonds is 5. The number of carboxylic acid groups (broad SMARTS) is 1. The molecule has 0 fully saturated rings. The van der Waals surface area contributed by atoms with Crippen LogP contribution in [0.25, 0.3) is 11.3 Å². The number of H-pyrrole nitrogens is 1. The standard InChI is InChI=1S/C18H20N4O4/c1-18(2,3)26-17(25)22-13(8-15(23)24)16-20-10-14(21-16)12-6-4-11(9-19)5-7-12/h4-7,10,13H,8H2,1-3H3,(H,20,21)(H,22,25)(H,23,24)/t13-/m0/s1. The van der Waals surface area contributed by atoms with Crippen molar-refractivity contribution >= 4 is 12.1 Å². The van der Waals surface area contributed by atoms with Crippen LogP contribution in [0, 0.1) is 11.3 Å². The first-order valence-electron chi connectivity index (χ1n) is 7.94. The van der Waals surface area contributed by atoms with Gasteiger partial charge in [-0.25, -0.2) is 9.78 Å². The zero-order valence-corrected chi connectivity index (χ0v) is 14.7. The summed E-state index contributed by atoms with van der Waals surface area (Å²) in [6.07, 6.45) is 0.474. The molecule has 0 saturated carbocycles. The number of amides is 1. The number of ether oxygens (including phenoxy) is 1. The van der Waals surface area contributed by atoms with Gasteiger partial charge in [0.25, 0.3) is 0 Å². The maximum Gasteiger partial charge on any atom is 0.408 e. The quantitative estimate of drug-likeness (QED) is 0.755. The second-order valence-electron chi connectivity index (χ2n) is 6.67. The van der Waals surface area contributed by atoms with Crippen LogP contribution in [-0.4, -0.2) is 32.7 Å². The number of benzene rings is 1. The lowest BCUT2D eigenvalue weighted by Crippen LogP contribution is -2.36. The van der Waals surface area contributed by atoms with Gasteiger partial charge in [0.15, 0.2) is 0 Å². The molecular formula is C18H20N4O4. The Morgan fingerprint density at radius 2 is 2.00 bits per heavy atom. The maximum atomic E-state index is 12.0. The van der Waals surface area contributed by atoms with Gasteiger partial charge in [0.05, 0.1) is 29.9 Å². The van der Waals surface area contributed by atoms with Gasteiger partial charge in [-0.1, -0.05) is 12.1 Å². The third-order valence-corrected chi connectivity index (χ3v) is 3.32. The number of hydrogen-bond acceptors (Lipinski definition) is 5. The molecule has 0 aliphatic rings. The molecule has 136 valence electrons. The molecule has 0 aliphatic heterocycles. The maximum absolute atomic E-state index is 12.0. The average molecular weight is 356 g/mol. The van der Waals surface area contributed by atoms with Crippen LogP contribution in [0.4, 0.5) is 4.79 Å². The van der Waals surface area contributed by atoms with Gasteiger partial charge in [0, 0.05) is 0 Å². The Hall–Kier alpha value is -3.34. The van der Waals surface area contributed by atoms with Crippen LogP contribution in [0.3, 0.4) is 0 Å². The highest BCUT2D eigenvalue weighted by atomic mass is 16.6. The van der Waals surface area contributed by atoms with Crippen molar-refractivity contribution in [2.75, 3.05) is 0 Å². The van der Waals surface area contributed by atoms with E-state index in [4.69, 9.17) is 15.1 Å². The summed E-state index contributed by atoms with van der Waals surface area (Å²) in [6, 6.07) is 8.02. The number of nitrogens with zero attached hydrogens (tertiary/aromatic N) is 2. The second-order valence-corrected chi connectivity index (χ2v) is 6.67. The predicted molar refractivity (Wildman–Crippen MR) is 93.1 cm³/mol. The Labute approximate surface area is 150 Å². The Balaban J connectivity index is 2.20. The fourth-order valence-electron chi connectivity index (χ4n) is 2.23. The first-order valence-corrected chi connectivity index (χ1v) is 7.94. The van der Waals surface area contributed by atoms with Crippen molar-refractivity contribution in [1.29, 1.82) is 5.26 Å². The number of alkyl carbamates (subject to hydrolysis) is 1. The fourth-order valence-corrected chi connectivity index (χ4v) is 2.23. The van der Waals surface area contributed by atoms with E-state index in [1.807, 2.05) is 6.07 Å². The molecule has 1 aromatic carbocycles. The largest absolute Gasteiger partial charge is 0.481 e. The summed E-state index contributed by atoms with van der Waals surface area (Å²) < 4.78 is 5.17. The normalized spacial score (nSPS) is 12.1. The van der Waals surface area contributed by atoms with E-state index in [0.717, 1.165) is 5.56 Å². The lowest BCUT2D eigenvalue weighted by molar-refractivity contribution is -0.137. The molecule has 1 atom stereocenters. The molecule has 1 amide bonds. The van der Waals surface area contributed by atoms with Crippen LogP contribution in [0.15, 0.2) is 30.5 Å². The van der Waals surface area contributed by atoms with Crippen molar-refractivity contribution < 1.29 is 19.4 Å². The highest BCUT2D eigenvalue weighted by Crippen LogP contribution is 2.22. The first-order chi connectivity index (χ1) is 12.2. The van der Waals surface area contributed by atoms with Gasteiger partial charge in [-0.15, -0.1) is 0 Å². The molecule has 2 aromatic rings. The van der Waals surface area contributed by atoms with E-state index in [1.165, 1.54) is 0 Å². The molecule has 26 heavy (non-hydrogen) atoms. The molecule has 0 aliphatic carbocycles. The van der Waals surface area contributed by atoms with Gasteiger partial charge in [-0.3, -0.25) is 4.79 Å². The number of carboxylic acids is 1. The summed E-state index contributed by atoms with van der Waals surface area (Å²) in [4.78, 5) is 30.3. The van der Waals surface area contributed by atoms with Gasteiger partial charge in [-0.05, 0) is 38.5 Å². The van der Waals surface area contributed by atoms with Gasteiger partial charge >= 0.3 is 12.1 Å². The van der Waals surface area contributed by atoms with Crippen LogP contribution >= 0.6 is 0 Å². The number of imidazole rings is 1. The average Bonchev–Trinajstić information content (AvgIpc) is 3.02. The topological polar surface area (TPSA) is 128 Å². The first kappa shape index (κ1) is 19.0. The molecule has 8 nitrogen and oxygen atoms in total. The number of nitrogens with one attached hydrogen (secondary N) is 2. The molecule has 3 N–H and O–H groups in total. The van der Waals surface area contributed by atoms with E-state index in [9.17, 15) is 9.59 Å². The molecule has 0 saturated heterocycles. The van der Waals surface area contributed by atoms with E-state index in [0.29, 0.717) is 17.1 Å². The van der Waals surface area contributed by atoms with Crippen molar-refractivity contribution in [2.24, 2.45) is 0 Å². The monoisotopic (exact) mass is 356 g/mol. The van der Waals surface area contributed by atoms with Crippen molar-refractivity contribution in [3.63, 3.8) is 0 Å². The minimum Gasteiger partial charge on any atom is -0.481 e. The smallest absolute Gasteiger partial charge is 0.408 e. The molecular weight excluding hydrogens is 336 g/mol. The fraction of sp³-hybridized carbons (Fsp3) is 0.333. The third kappa shape index (κ3) is 5.34. The van der Waals surface area contributed by atoms with Crippen molar-refractivity contribution in [3.8, 4) is 17.3 Å². The highest BCUT2D eigenvalue weighted by molar-refractivity contribution is 5.72. The molecule has 2 rings (SSSR count). The minimum atomic E-state index is -1.08. The van der Waals surface area contributed by atoms with Crippen molar-refractivity contribution in [3.05, 3.63) is 41.9 Å². The summed E-state index contributed by atoms with van der Waals surface area (Å²) in [5, 5.41) is 20.5. The number of carbonyl (C=O) groups excluding carboxylic acids is 1. The van der Waals surface area contributed by atoms with E-state index in [2.05, 4.69) is 15.3 Å². The minimum absolute atomic E-state index is 0.303. The molecule has 0 bridgehead atoms. The number of nitriles is 1. The van der Waals surface area contributed by atoms with Gasteiger partial charge in [-0.2, -0.15) is 5.26 Å². The SMILES string of the molecule is CC(C)(C)OC(=O)N[C@@H](CC(=O)O)c1ncc(-c2ccc(C#N)cc2)[nH]1. The van der Waals surface area contributed by atoms with Crippen LogP contribution in [0.5, 0.6) is 0 Å².